The molecular weight excluding hydrogens is 407 g/mol. The van der Waals surface area contributed by atoms with E-state index < -0.39 is 10.0 Å². The average molecular weight is 431 g/mol. The smallest absolute Gasteiger partial charge is 0.246 e. The fourth-order valence-corrected chi connectivity index (χ4v) is 4.45. The lowest BCUT2D eigenvalue weighted by Crippen LogP contribution is -2.30. The summed E-state index contributed by atoms with van der Waals surface area (Å²) in [6.07, 6.45) is 1.66. The molecule has 0 atom stereocenters. The van der Waals surface area contributed by atoms with Crippen LogP contribution in [0.25, 0.3) is 11.3 Å². The van der Waals surface area contributed by atoms with E-state index in [4.69, 9.17) is 0 Å². The van der Waals surface area contributed by atoms with E-state index in [9.17, 15) is 17.6 Å². The van der Waals surface area contributed by atoms with Gasteiger partial charge in [0.1, 0.15) is 12.4 Å². The molecule has 3 rings (SSSR count). The third-order valence-corrected chi connectivity index (χ3v) is 6.63. The van der Waals surface area contributed by atoms with Crippen molar-refractivity contribution in [2.45, 2.75) is 25.3 Å². The Morgan fingerprint density at radius 2 is 1.67 bits per heavy atom. The molecule has 0 unspecified atom stereocenters. The lowest BCUT2D eigenvalue weighted by Gasteiger charge is -2.18. The molecule has 30 heavy (non-hydrogen) atoms. The number of aromatic nitrogens is 2. The van der Waals surface area contributed by atoms with Crippen molar-refractivity contribution in [1.29, 1.82) is 0 Å². The lowest BCUT2D eigenvalue weighted by molar-refractivity contribution is -0.116. The molecule has 0 spiro atoms. The van der Waals surface area contributed by atoms with Crippen molar-refractivity contribution in [2.24, 2.45) is 0 Å². The molecule has 1 amide bonds. The van der Waals surface area contributed by atoms with Crippen LogP contribution in [-0.2, 0) is 21.4 Å². The number of nitrogens with one attached hydrogen (secondary N) is 1. The fraction of sp³-hybridized carbons (Fsp3) is 0.238. The molecule has 0 radical (unpaired) electrons. The molecule has 1 aromatic heterocycles. The van der Waals surface area contributed by atoms with Crippen LogP contribution in [0.5, 0.6) is 0 Å². The normalized spacial score (nSPS) is 11.6. The van der Waals surface area contributed by atoms with Gasteiger partial charge in [-0.2, -0.15) is 9.40 Å². The van der Waals surface area contributed by atoms with Gasteiger partial charge in [0, 0.05) is 30.5 Å². The van der Waals surface area contributed by atoms with Crippen LogP contribution in [0.2, 0.25) is 0 Å². The van der Waals surface area contributed by atoms with E-state index in [1.54, 1.807) is 50.4 Å². The predicted molar refractivity (Wildman–Crippen MR) is 113 cm³/mol. The molecule has 9 heteroatoms. The highest BCUT2D eigenvalue weighted by Gasteiger charge is 2.21. The topological polar surface area (TPSA) is 84.3 Å². The zero-order valence-electron chi connectivity index (χ0n) is 16.7. The highest BCUT2D eigenvalue weighted by Crippen LogP contribution is 2.19. The van der Waals surface area contributed by atoms with E-state index in [0.717, 1.165) is 5.56 Å². The van der Waals surface area contributed by atoms with Gasteiger partial charge < -0.3 is 5.32 Å². The van der Waals surface area contributed by atoms with Gasteiger partial charge in [-0.3, -0.25) is 9.48 Å². The zero-order valence-corrected chi connectivity index (χ0v) is 17.6. The molecule has 2 aromatic carbocycles. The molecule has 1 N–H and O–H groups in total. The van der Waals surface area contributed by atoms with E-state index in [1.807, 2.05) is 0 Å². The van der Waals surface area contributed by atoms with Crippen LogP contribution in [0.15, 0.2) is 65.7 Å². The molecule has 0 fully saturated rings. The van der Waals surface area contributed by atoms with Gasteiger partial charge in [-0.1, -0.05) is 13.8 Å². The summed E-state index contributed by atoms with van der Waals surface area (Å²) in [5.41, 5.74) is 1.87. The SMILES string of the molecule is CCN(CC)S(=O)(=O)c1ccc(NC(=O)Cn2ccc(-c3ccc(F)cc3)n2)cc1. The second-order valence-electron chi connectivity index (χ2n) is 6.57. The summed E-state index contributed by atoms with van der Waals surface area (Å²) in [6, 6.07) is 13.8. The van der Waals surface area contributed by atoms with Gasteiger partial charge in [0.25, 0.3) is 0 Å². The first-order valence-electron chi connectivity index (χ1n) is 9.53. The Morgan fingerprint density at radius 3 is 2.27 bits per heavy atom. The average Bonchev–Trinajstić information content (AvgIpc) is 3.18. The maximum atomic E-state index is 13.0. The summed E-state index contributed by atoms with van der Waals surface area (Å²) >= 11 is 0. The van der Waals surface area contributed by atoms with E-state index in [-0.39, 0.29) is 23.2 Å². The van der Waals surface area contributed by atoms with Crippen molar-refractivity contribution in [2.75, 3.05) is 18.4 Å². The minimum absolute atomic E-state index is 0.0132. The van der Waals surface area contributed by atoms with Gasteiger partial charge in [0.05, 0.1) is 10.6 Å². The minimum atomic E-state index is -3.54. The number of anilines is 1. The van der Waals surface area contributed by atoms with Gasteiger partial charge in [-0.25, -0.2) is 12.8 Å². The molecule has 0 saturated carbocycles. The molecule has 0 saturated heterocycles. The summed E-state index contributed by atoms with van der Waals surface area (Å²) in [5.74, 6) is -0.628. The molecule has 3 aromatic rings. The number of carbonyl (C=O) groups is 1. The standard InChI is InChI=1S/C21H23FN4O3S/c1-3-26(4-2)30(28,29)19-11-9-18(10-12-19)23-21(27)15-25-14-13-20(24-25)16-5-7-17(22)8-6-16/h5-14H,3-4,15H2,1-2H3,(H,23,27). The molecule has 0 aliphatic heterocycles. The summed E-state index contributed by atoms with van der Waals surface area (Å²) in [6.45, 7) is 4.34. The first-order valence-corrected chi connectivity index (χ1v) is 11.0. The second-order valence-corrected chi connectivity index (χ2v) is 8.51. The van der Waals surface area contributed by atoms with E-state index in [2.05, 4.69) is 10.4 Å². The molecule has 158 valence electrons. The molecule has 7 nitrogen and oxygen atoms in total. The van der Waals surface area contributed by atoms with Gasteiger partial charge in [0.15, 0.2) is 0 Å². The number of amides is 1. The summed E-state index contributed by atoms with van der Waals surface area (Å²) in [4.78, 5) is 12.5. The van der Waals surface area contributed by atoms with Gasteiger partial charge in [-0.05, 0) is 54.6 Å². The molecule has 0 aliphatic carbocycles. The minimum Gasteiger partial charge on any atom is -0.324 e. The largest absolute Gasteiger partial charge is 0.324 e. The maximum Gasteiger partial charge on any atom is 0.246 e. The first-order chi connectivity index (χ1) is 14.3. The summed E-state index contributed by atoms with van der Waals surface area (Å²) in [7, 11) is -3.54. The van der Waals surface area contributed by atoms with Crippen molar-refractivity contribution in [1.82, 2.24) is 14.1 Å². The van der Waals surface area contributed by atoms with Gasteiger partial charge >= 0.3 is 0 Å². The Labute approximate surface area is 175 Å². The van der Waals surface area contributed by atoms with Crippen LogP contribution in [0.3, 0.4) is 0 Å². The Hall–Kier alpha value is -3.04. The monoisotopic (exact) mass is 430 g/mol. The number of carbonyl (C=O) groups excluding carboxylic acids is 1. The molecule has 0 bridgehead atoms. The second kappa shape index (κ2) is 9.19. The van der Waals surface area contributed by atoms with Crippen LogP contribution in [0.4, 0.5) is 10.1 Å². The number of hydrogen-bond donors (Lipinski definition) is 1. The lowest BCUT2D eigenvalue weighted by atomic mass is 10.1. The number of halogens is 1. The zero-order chi connectivity index (χ0) is 21.7. The molecule has 1 heterocycles. The van der Waals surface area contributed by atoms with Crippen molar-refractivity contribution >= 4 is 21.6 Å². The van der Waals surface area contributed by atoms with Crippen LogP contribution >= 0.6 is 0 Å². The first kappa shape index (κ1) is 21.7. The van der Waals surface area contributed by atoms with Crippen LogP contribution in [0, 0.1) is 5.82 Å². The van der Waals surface area contributed by atoms with E-state index >= 15 is 0 Å². The molecular formula is C21H23FN4O3S. The summed E-state index contributed by atoms with van der Waals surface area (Å²) in [5, 5.41) is 7.05. The number of benzene rings is 2. The Kier molecular flexibility index (Phi) is 6.63. The maximum absolute atomic E-state index is 13.0. The Morgan fingerprint density at radius 1 is 1.03 bits per heavy atom. The van der Waals surface area contributed by atoms with E-state index in [0.29, 0.717) is 24.5 Å². The third kappa shape index (κ3) is 4.92. The number of rotatable bonds is 8. The van der Waals surface area contributed by atoms with Crippen LogP contribution in [-0.4, -0.2) is 41.5 Å². The quantitative estimate of drug-likeness (QED) is 0.594. The molecule has 0 aliphatic rings. The fourth-order valence-electron chi connectivity index (χ4n) is 2.99. The van der Waals surface area contributed by atoms with Crippen LogP contribution < -0.4 is 5.32 Å². The van der Waals surface area contributed by atoms with Crippen molar-refractivity contribution in [3.8, 4) is 11.3 Å². The number of sulfonamides is 1. The van der Waals surface area contributed by atoms with Crippen molar-refractivity contribution in [3.05, 3.63) is 66.6 Å². The Bertz CT molecular complexity index is 1110. The number of hydrogen-bond acceptors (Lipinski definition) is 4. The third-order valence-electron chi connectivity index (χ3n) is 4.57. The number of nitrogens with zero attached hydrogens (tertiary/aromatic N) is 3. The van der Waals surface area contributed by atoms with Crippen molar-refractivity contribution < 1.29 is 17.6 Å². The highest BCUT2D eigenvalue weighted by molar-refractivity contribution is 7.89. The highest BCUT2D eigenvalue weighted by atomic mass is 32.2. The van der Waals surface area contributed by atoms with Gasteiger partial charge in [-0.15, -0.1) is 0 Å². The Balaban J connectivity index is 1.63. The van der Waals surface area contributed by atoms with Gasteiger partial charge in [0.2, 0.25) is 15.9 Å². The summed E-state index contributed by atoms with van der Waals surface area (Å²) < 4.78 is 40.9. The van der Waals surface area contributed by atoms with E-state index in [1.165, 1.54) is 33.3 Å². The van der Waals surface area contributed by atoms with Crippen LogP contribution in [0.1, 0.15) is 13.8 Å². The van der Waals surface area contributed by atoms with Crippen molar-refractivity contribution in [3.63, 3.8) is 0 Å². The predicted octanol–water partition coefficient (Wildman–Crippen LogP) is 3.36.